The molecule has 4 heteroatoms. The van der Waals surface area contributed by atoms with Crippen LogP contribution in [0.15, 0.2) is 11.6 Å². The molecule has 0 heterocycles. The van der Waals surface area contributed by atoms with E-state index in [9.17, 15) is 14.4 Å². The summed E-state index contributed by atoms with van der Waals surface area (Å²) in [4.78, 5) is 33.4. The molecule has 88 valence electrons. The summed E-state index contributed by atoms with van der Waals surface area (Å²) < 4.78 is 5.02. The van der Waals surface area contributed by atoms with Gasteiger partial charge < -0.3 is 4.74 Å². The molecule has 16 heavy (non-hydrogen) atoms. The number of hydrogen-bond acceptors (Lipinski definition) is 4. The Morgan fingerprint density at radius 1 is 1.50 bits per heavy atom. The summed E-state index contributed by atoms with van der Waals surface area (Å²) in [6.07, 6.45) is 3.26. The second-order valence-electron chi connectivity index (χ2n) is 3.99. The van der Waals surface area contributed by atoms with E-state index in [0.29, 0.717) is 12.0 Å². The van der Waals surface area contributed by atoms with Crippen molar-refractivity contribution in [2.75, 3.05) is 0 Å². The maximum atomic E-state index is 11.5. The lowest BCUT2D eigenvalue weighted by atomic mass is 9.95. The fourth-order valence-electron chi connectivity index (χ4n) is 1.68. The van der Waals surface area contributed by atoms with Gasteiger partial charge in [0, 0.05) is 12.0 Å². The number of carbonyl (C=O) groups excluding carboxylic acids is 3. The number of Topliss-reactive ketones (excluding diaryl/α,β-unsaturated/α-hetero) is 2. The largest absolute Gasteiger partial charge is 0.457 e. The first-order chi connectivity index (χ1) is 7.50. The van der Waals surface area contributed by atoms with Gasteiger partial charge in [0.2, 0.25) is 0 Å². The molecule has 4 nitrogen and oxygen atoms in total. The molecule has 1 rings (SSSR count). The van der Waals surface area contributed by atoms with Crippen molar-refractivity contribution in [1.29, 1.82) is 0 Å². The van der Waals surface area contributed by atoms with E-state index in [0.717, 1.165) is 12.8 Å². The Balaban J connectivity index is 2.54. The Hall–Kier alpha value is -1.45. The van der Waals surface area contributed by atoms with E-state index in [4.69, 9.17) is 4.74 Å². The van der Waals surface area contributed by atoms with Gasteiger partial charge in [-0.25, -0.2) is 0 Å². The number of ketones is 2. The second kappa shape index (κ2) is 5.58. The van der Waals surface area contributed by atoms with E-state index in [1.54, 1.807) is 6.92 Å². The predicted molar refractivity (Wildman–Crippen MR) is 57.8 cm³/mol. The molecule has 0 aromatic heterocycles. The molecule has 0 bridgehead atoms. The van der Waals surface area contributed by atoms with Gasteiger partial charge in [-0.1, -0.05) is 6.08 Å². The van der Waals surface area contributed by atoms with Crippen LogP contribution in [0.5, 0.6) is 0 Å². The maximum absolute atomic E-state index is 11.5. The van der Waals surface area contributed by atoms with E-state index in [2.05, 4.69) is 0 Å². The number of rotatable bonds is 4. The number of esters is 1. The smallest absolute Gasteiger partial charge is 0.313 e. The normalized spacial score (nSPS) is 17.6. The molecule has 1 aliphatic rings. The van der Waals surface area contributed by atoms with Gasteiger partial charge in [-0.05, 0) is 26.7 Å². The SMILES string of the molecule is CC(=O)CC(=O)OC(C)C1=CCCCC1=O. The third-order valence-electron chi connectivity index (χ3n) is 2.43. The molecule has 0 amide bonds. The molecule has 0 saturated heterocycles. The molecule has 0 aliphatic heterocycles. The minimum Gasteiger partial charge on any atom is -0.457 e. The van der Waals surface area contributed by atoms with Gasteiger partial charge in [0.05, 0.1) is 0 Å². The molecule has 0 aromatic rings. The Kier molecular flexibility index (Phi) is 4.40. The summed E-state index contributed by atoms with van der Waals surface area (Å²) in [6.45, 7) is 2.99. The summed E-state index contributed by atoms with van der Waals surface area (Å²) in [5, 5.41) is 0. The zero-order valence-corrected chi connectivity index (χ0v) is 9.62. The van der Waals surface area contributed by atoms with Gasteiger partial charge >= 0.3 is 5.97 Å². The van der Waals surface area contributed by atoms with Crippen LogP contribution < -0.4 is 0 Å². The van der Waals surface area contributed by atoms with Crippen molar-refractivity contribution < 1.29 is 19.1 Å². The van der Waals surface area contributed by atoms with E-state index in [1.165, 1.54) is 6.92 Å². The molecule has 1 atom stereocenters. The summed E-state index contributed by atoms with van der Waals surface area (Å²) in [5.74, 6) is -0.769. The third-order valence-corrected chi connectivity index (χ3v) is 2.43. The molecule has 0 spiro atoms. The lowest BCUT2D eigenvalue weighted by Crippen LogP contribution is -2.24. The average Bonchev–Trinajstić information content (AvgIpc) is 2.16. The topological polar surface area (TPSA) is 60.4 Å². The summed E-state index contributed by atoms with van der Waals surface area (Å²) in [7, 11) is 0. The Labute approximate surface area is 94.7 Å². The standard InChI is InChI=1S/C12H16O4/c1-8(13)7-12(15)16-9(2)10-5-3-4-6-11(10)14/h5,9H,3-4,6-7H2,1-2H3. The zero-order valence-electron chi connectivity index (χ0n) is 9.62. The van der Waals surface area contributed by atoms with Crippen LogP contribution in [0, 0.1) is 0 Å². The number of carbonyl (C=O) groups is 3. The van der Waals surface area contributed by atoms with Crippen molar-refractivity contribution in [1.82, 2.24) is 0 Å². The molecule has 0 aromatic carbocycles. The molecule has 1 unspecified atom stereocenters. The van der Waals surface area contributed by atoms with Crippen LogP contribution in [0.25, 0.3) is 0 Å². The fraction of sp³-hybridized carbons (Fsp3) is 0.583. The predicted octanol–water partition coefficient (Wildman–Crippen LogP) is 1.58. The molecular formula is C12H16O4. The second-order valence-corrected chi connectivity index (χ2v) is 3.99. The Morgan fingerprint density at radius 3 is 2.75 bits per heavy atom. The van der Waals surface area contributed by atoms with Crippen molar-refractivity contribution in [2.45, 2.75) is 45.6 Å². The van der Waals surface area contributed by atoms with E-state index in [-0.39, 0.29) is 18.0 Å². The quantitative estimate of drug-likeness (QED) is 0.537. The van der Waals surface area contributed by atoms with Crippen LogP contribution in [-0.4, -0.2) is 23.6 Å². The van der Waals surface area contributed by atoms with E-state index < -0.39 is 12.1 Å². The monoisotopic (exact) mass is 224 g/mol. The molecule has 0 N–H and O–H groups in total. The first kappa shape index (κ1) is 12.6. The van der Waals surface area contributed by atoms with Crippen molar-refractivity contribution in [2.24, 2.45) is 0 Å². The van der Waals surface area contributed by atoms with Gasteiger partial charge in [0.25, 0.3) is 0 Å². The van der Waals surface area contributed by atoms with Gasteiger partial charge in [0.15, 0.2) is 5.78 Å². The van der Waals surface area contributed by atoms with Crippen LogP contribution in [0.1, 0.15) is 39.5 Å². The molecule has 0 radical (unpaired) electrons. The number of ether oxygens (including phenoxy) is 1. The highest BCUT2D eigenvalue weighted by atomic mass is 16.5. The maximum Gasteiger partial charge on any atom is 0.313 e. The van der Waals surface area contributed by atoms with Crippen molar-refractivity contribution in [3.63, 3.8) is 0 Å². The molecule has 0 fully saturated rings. The highest BCUT2D eigenvalue weighted by molar-refractivity contribution is 5.98. The highest BCUT2D eigenvalue weighted by Gasteiger charge is 2.22. The zero-order chi connectivity index (χ0) is 12.1. The lowest BCUT2D eigenvalue weighted by Gasteiger charge is -2.18. The lowest BCUT2D eigenvalue weighted by molar-refractivity contribution is -0.148. The first-order valence-corrected chi connectivity index (χ1v) is 5.43. The van der Waals surface area contributed by atoms with Crippen molar-refractivity contribution >= 4 is 17.5 Å². The van der Waals surface area contributed by atoms with E-state index >= 15 is 0 Å². The minimum absolute atomic E-state index is 0.0365. The van der Waals surface area contributed by atoms with Crippen LogP contribution in [0.2, 0.25) is 0 Å². The third kappa shape index (κ3) is 3.61. The Morgan fingerprint density at radius 2 is 2.19 bits per heavy atom. The molecule has 0 saturated carbocycles. The van der Waals surface area contributed by atoms with Gasteiger partial charge in [-0.15, -0.1) is 0 Å². The van der Waals surface area contributed by atoms with E-state index in [1.807, 2.05) is 6.08 Å². The fourth-order valence-corrected chi connectivity index (χ4v) is 1.68. The van der Waals surface area contributed by atoms with Crippen LogP contribution >= 0.6 is 0 Å². The van der Waals surface area contributed by atoms with Crippen LogP contribution in [-0.2, 0) is 19.1 Å². The van der Waals surface area contributed by atoms with Crippen molar-refractivity contribution in [3.05, 3.63) is 11.6 Å². The summed E-state index contributed by atoms with van der Waals surface area (Å²) in [5.41, 5.74) is 0.558. The van der Waals surface area contributed by atoms with Crippen molar-refractivity contribution in [3.8, 4) is 0 Å². The van der Waals surface area contributed by atoms with Gasteiger partial charge in [-0.3, -0.25) is 14.4 Å². The van der Waals surface area contributed by atoms with Crippen LogP contribution in [0.3, 0.4) is 0 Å². The first-order valence-electron chi connectivity index (χ1n) is 5.43. The van der Waals surface area contributed by atoms with Gasteiger partial charge in [-0.2, -0.15) is 0 Å². The highest BCUT2D eigenvalue weighted by Crippen LogP contribution is 2.19. The molecular weight excluding hydrogens is 208 g/mol. The van der Waals surface area contributed by atoms with Crippen LogP contribution in [0.4, 0.5) is 0 Å². The average molecular weight is 224 g/mol. The number of hydrogen-bond donors (Lipinski definition) is 0. The number of allylic oxidation sites excluding steroid dienone is 1. The van der Waals surface area contributed by atoms with Gasteiger partial charge in [0.1, 0.15) is 18.3 Å². The summed E-state index contributed by atoms with van der Waals surface area (Å²) in [6, 6.07) is 0. The summed E-state index contributed by atoms with van der Waals surface area (Å²) >= 11 is 0. The minimum atomic E-state index is -0.570. The Bertz CT molecular complexity index is 341. The molecule has 1 aliphatic carbocycles.